The first-order chi connectivity index (χ1) is 8.49. The number of rotatable bonds is 2. The summed E-state index contributed by atoms with van der Waals surface area (Å²) in [6, 6.07) is 10.9. The molecular weight excluding hydrogens is 312 g/mol. The van der Waals surface area contributed by atoms with Gasteiger partial charge in [-0.05, 0) is 49.2 Å². The fourth-order valence-corrected chi connectivity index (χ4v) is 2.18. The first kappa shape index (κ1) is 13.3. The smallest absolute Gasteiger partial charge is 0.193 e. The molecule has 3 heteroatoms. The highest BCUT2D eigenvalue weighted by Gasteiger charge is 2.11. The number of ketones is 1. The highest BCUT2D eigenvalue weighted by atomic mass is 79.9. The molecule has 0 radical (unpaired) electrons. The number of benzene rings is 2. The van der Waals surface area contributed by atoms with Crippen LogP contribution in [0.1, 0.15) is 27.0 Å². The topological polar surface area (TPSA) is 17.1 Å². The van der Waals surface area contributed by atoms with Crippen LogP contribution in [0, 0.1) is 13.8 Å². The average molecular weight is 324 g/mol. The van der Waals surface area contributed by atoms with Gasteiger partial charge in [0.15, 0.2) is 5.78 Å². The van der Waals surface area contributed by atoms with Crippen LogP contribution in [0.2, 0.25) is 5.02 Å². The van der Waals surface area contributed by atoms with Gasteiger partial charge in [-0.15, -0.1) is 0 Å². The van der Waals surface area contributed by atoms with E-state index in [1.165, 1.54) is 0 Å². The molecule has 0 saturated carbocycles. The number of halogens is 2. The highest BCUT2D eigenvalue weighted by molar-refractivity contribution is 9.10. The zero-order valence-corrected chi connectivity index (χ0v) is 12.5. The van der Waals surface area contributed by atoms with Crippen molar-refractivity contribution in [1.29, 1.82) is 0 Å². The zero-order valence-electron chi connectivity index (χ0n) is 10.1. The molecule has 0 aliphatic rings. The summed E-state index contributed by atoms with van der Waals surface area (Å²) in [4.78, 5) is 12.3. The Kier molecular flexibility index (Phi) is 3.88. The molecule has 0 spiro atoms. The van der Waals surface area contributed by atoms with Crippen molar-refractivity contribution in [1.82, 2.24) is 0 Å². The third kappa shape index (κ3) is 2.65. The Hall–Kier alpha value is -1.12. The quantitative estimate of drug-likeness (QED) is 0.715. The Balaban J connectivity index is 2.41. The van der Waals surface area contributed by atoms with E-state index >= 15 is 0 Å². The molecular formula is C15H12BrClO. The fraction of sp³-hybridized carbons (Fsp3) is 0.133. The Morgan fingerprint density at radius 2 is 1.61 bits per heavy atom. The maximum absolute atomic E-state index is 12.3. The molecule has 0 atom stereocenters. The second-order valence-corrected chi connectivity index (χ2v) is 5.52. The third-order valence-corrected chi connectivity index (χ3v) is 4.13. The van der Waals surface area contributed by atoms with Gasteiger partial charge in [0.05, 0.1) is 0 Å². The second-order valence-electron chi connectivity index (χ2n) is 4.26. The molecule has 18 heavy (non-hydrogen) atoms. The van der Waals surface area contributed by atoms with Crippen molar-refractivity contribution in [2.75, 3.05) is 0 Å². The number of hydrogen-bond acceptors (Lipinski definition) is 1. The normalized spacial score (nSPS) is 10.4. The van der Waals surface area contributed by atoms with Gasteiger partial charge in [-0.25, -0.2) is 0 Å². The Labute approximate surface area is 120 Å². The number of carbonyl (C=O) groups is 1. The summed E-state index contributed by atoms with van der Waals surface area (Å²) in [7, 11) is 0. The van der Waals surface area contributed by atoms with Gasteiger partial charge in [0.1, 0.15) is 0 Å². The zero-order chi connectivity index (χ0) is 13.3. The molecule has 0 bridgehead atoms. The van der Waals surface area contributed by atoms with E-state index in [9.17, 15) is 4.79 Å². The Bertz CT molecular complexity index is 566. The predicted molar refractivity (Wildman–Crippen MR) is 78.5 cm³/mol. The maximum atomic E-state index is 12.3. The van der Waals surface area contributed by atoms with Crippen LogP contribution in [0.5, 0.6) is 0 Å². The first-order valence-corrected chi connectivity index (χ1v) is 6.73. The van der Waals surface area contributed by atoms with Gasteiger partial charge in [-0.1, -0.05) is 39.7 Å². The van der Waals surface area contributed by atoms with Crippen LogP contribution in [0.25, 0.3) is 0 Å². The summed E-state index contributed by atoms with van der Waals surface area (Å²) in [5, 5.41) is 0.677. The third-order valence-electron chi connectivity index (χ3n) is 2.85. The maximum Gasteiger partial charge on any atom is 0.193 e. The van der Waals surface area contributed by atoms with Crippen LogP contribution in [0.3, 0.4) is 0 Å². The van der Waals surface area contributed by atoms with Gasteiger partial charge >= 0.3 is 0 Å². The van der Waals surface area contributed by atoms with E-state index in [0.717, 1.165) is 15.6 Å². The van der Waals surface area contributed by atoms with Gasteiger partial charge in [0.2, 0.25) is 0 Å². The lowest BCUT2D eigenvalue weighted by atomic mass is 10.0. The molecule has 0 fully saturated rings. The van der Waals surface area contributed by atoms with Crippen LogP contribution in [0.15, 0.2) is 40.9 Å². The van der Waals surface area contributed by atoms with Crippen LogP contribution < -0.4 is 0 Å². The van der Waals surface area contributed by atoms with Crippen molar-refractivity contribution in [2.45, 2.75) is 13.8 Å². The van der Waals surface area contributed by atoms with Crippen molar-refractivity contribution in [3.63, 3.8) is 0 Å². The van der Waals surface area contributed by atoms with Gasteiger partial charge in [0, 0.05) is 20.6 Å². The predicted octanol–water partition coefficient (Wildman–Crippen LogP) is 4.95. The molecule has 0 aromatic heterocycles. The lowest BCUT2D eigenvalue weighted by Gasteiger charge is -2.05. The largest absolute Gasteiger partial charge is 0.289 e. The van der Waals surface area contributed by atoms with Crippen molar-refractivity contribution in [2.24, 2.45) is 0 Å². The van der Waals surface area contributed by atoms with Crippen LogP contribution in [0.4, 0.5) is 0 Å². The number of carbonyl (C=O) groups excluding carboxylic acids is 1. The minimum atomic E-state index is 0.00969. The average Bonchev–Trinajstić information content (AvgIpc) is 2.35. The van der Waals surface area contributed by atoms with E-state index in [-0.39, 0.29) is 5.78 Å². The molecule has 0 amide bonds. The Morgan fingerprint density at radius 1 is 1.00 bits per heavy atom. The minimum Gasteiger partial charge on any atom is -0.289 e. The van der Waals surface area contributed by atoms with E-state index in [1.807, 2.05) is 38.1 Å². The van der Waals surface area contributed by atoms with E-state index < -0.39 is 0 Å². The molecule has 0 N–H and O–H groups in total. The lowest BCUT2D eigenvalue weighted by Crippen LogP contribution is -2.02. The van der Waals surface area contributed by atoms with Crippen LogP contribution in [-0.4, -0.2) is 5.78 Å². The lowest BCUT2D eigenvalue weighted by molar-refractivity contribution is 0.103. The fourth-order valence-electron chi connectivity index (χ4n) is 1.69. The monoisotopic (exact) mass is 322 g/mol. The second kappa shape index (κ2) is 5.25. The molecule has 0 heterocycles. The highest BCUT2D eigenvalue weighted by Crippen LogP contribution is 2.22. The summed E-state index contributed by atoms with van der Waals surface area (Å²) in [5.41, 5.74) is 3.36. The molecule has 2 rings (SSSR count). The summed E-state index contributed by atoms with van der Waals surface area (Å²) < 4.78 is 0.944. The van der Waals surface area contributed by atoms with Gasteiger partial charge in [-0.3, -0.25) is 4.79 Å². The van der Waals surface area contributed by atoms with Gasteiger partial charge in [0.25, 0.3) is 0 Å². The molecule has 0 unspecified atom stereocenters. The SMILES string of the molecule is Cc1cc(C(=O)c2ccc(C)c(Br)c2)ccc1Cl. The summed E-state index contributed by atoms with van der Waals surface area (Å²) >= 11 is 9.40. The standard InChI is InChI=1S/C15H12BrClO/c1-9-3-4-12(8-13(9)16)15(18)11-5-6-14(17)10(2)7-11/h3-8H,1-2H3. The molecule has 0 saturated heterocycles. The molecule has 92 valence electrons. The summed E-state index contributed by atoms with van der Waals surface area (Å²) in [6.45, 7) is 3.88. The number of aryl methyl sites for hydroxylation is 2. The Morgan fingerprint density at radius 3 is 2.22 bits per heavy atom. The minimum absolute atomic E-state index is 0.00969. The summed E-state index contributed by atoms with van der Waals surface area (Å²) in [5.74, 6) is 0.00969. The molecule has 2 aromatic rings. The molecule has 2 aromatic carbocycles. The van der Waals surface area contributed by atoms with Gasteiger partial charge < -0.3 is 0 Å². The van der Waals surface area contributed by atoms with Gasteiger partial charge in [-0.2, -0.15) is 0 Å². The first-order valence-electron chi connectivity index (χ1n) is 5.56. The molecule has 0 aliphatic heterocycles. The van der Waals surface area contributed by atoms with Crippen LogP contribution in [-0.2, 0) is 0 Å². The van der Waals surface area contributed by atoms with Crippen molar-refractivity contribution in [3.05, 3.63) is 68.1 Å². The van der Waals surface area contributed by atoms with Crippen molar-refractivity contribution < 1.29 is 4.79 Å². The molecule has 0 aliphatic carbocycles. The van der Waals surface area contributed by atoms with E-state index in [0.29, 0.717) is 16.1 Å². The number of hydrogen-bond donors (Lipinski definition) is 0. The van der Waals surface area contributed by atoms with E-state index in [2.05, 4.69) is 15.9 Å². The molecule has 1 nitrogen and oxygen atoms in total. The summed E-state index contributed by atoms with van der Waals surface area (Å²) in [6.07, 6.45) is 0. The van der Waals surface area contributed by atoms with Crippen LogP contribution >= 0.6 is 27.5 Å². The van der Waals surface area contributed by atoms with E-state index in [4.69, 9.17) is 11.6 Å². The van der Waals surface area contributed by atoms with Crippen molar-refractivity contribution in [3.8, 4) is 0 Å². The van der Waals surface area contributed by atoms with E-state index in [1.54, 1.807) is 12.1 Å². The van der Waals surface area contributed by atoms with Crippen molar-refractivity contribution >= 4 is 33.3 Å².